The first kappa shape index (κ1) is 15.9. The lowest BCUT2D eigenvalue weighted by Crippen LogP contribution is -2.23. The summed E-state index contributed by atoms with van der Waals surface area (Å²) in [4.78, 5) is 16.0. The van der Waals surface area contributed by atoms with Crippen LogP contribution in [-0.2, 0) is 11.2 Å². The molecule has 3 rings (SSSR count). The number of hydrogen-bond donors (Lipinski definition) is 1. The van der Waals surface area contributed by atoms with Gasteiger partial charge in [-0.05, 0) is 52.9 Å². The van der Waals surface area contributed by atoms with Gasteiger partial charge < -0.3 is 5.32 Å². The molecule has 3 nitrogen and oxygen atoms in total. The summed E-state index contributed by atoms with van der Waals surface area (Å²) in [6.07, 6.45) is 7.68. The number of carbonyl (C=O) groups is 1. The number of amides is 1. The second-order valence-electron chi connectivity index (χ2n) is 5.79. The summed E-state index contributed by atoms with van der Waals surface area (Å²) in [5, 5.41) is 5.39. The lowest BCUT2D eigenvalue weighted by molar-refractivity contribution is -0.116. The van der Waals surface area contributed by atoms with Crippen LogP contribution in [0.2, 0.25) is 0 Å². The van der Waals surface area contributed by atoms with Crippen molar-refractivity contribution in [1.82, 2.24) is 10.3 Å². The standard InChI is InChI=1S/C21H20N2O/c1-16-10-12-22-15-20(16)8-9-21(24)23-13-11-17-6-7-18-4-2-3-5-19(18)14-17/h2-10,12,14-15H,11,13H2,1H3,(H,23,24)/b9-8+. The predicted molar refractivity (Wildman–Crippen MR) is 98.7 cm³/mol. The van der Waals surface area contributed by atoms with Crippen molar-refractivity contribution < 1.29 is 4.79 Å². The largest absolute Gasteiger partial charge is 0.352 e. The molecule has 3 aromatic rings. The van der Waals surface area contributed by atoms with Gasteiger partial charge in [-0.1, -0.05) is 42.5 Å². The van der Waals surface area contributed by atoms with Crippen LogP contribution in [0, 0.1) is 6.92 Å². The van der Waals surface area contributed by atoms with Gasteiger partial charge in [-0.3, -0.25) is 9.78 Å². The molecule has 0 aliphatic carbocycles. The average molecular weight is 316 g/mol. The summed E-state index contributed by atoms with van der Waals surface area (Å²) < 4.78 is 0. The summed E-state index contributed by atoms with van der Waals surface area (Å²) >= 11 is 0. The smallest absolute Gasteiger partial charge is 0.244 e. The highest BCUT2D eigenvalue weighted by atomic mass is 16.1. The van der Waals surface area contributed by atoms with E-state index in [1.54, 1.807) is 24.5 Å². The maximum atomic E-state index is 11.9. The molecule has 3 heteroatoms. The third-order valence-corrected chi connectivity index (χ3v) is 4.02. The number of nitrogens with one attached hydrogen (secondary N) is 1. The molecule has 2 aromatic carbocycles. The first-order valence-electron chi connectivity index (χ1n) is 8.06. The van der Waals surface area contributed by atoms with Crippen LogP contribution in [0.1, 0.15) is 16.7 Å². The number of benzene rings is 2. The van der Waals surface area contributed by atoms with Gasteiger partial charge >= 0.3 is 0 Å². The number of hydrogen-bond acceptors (Lipinski definition) is 2. The van der Waals surface area contributed by atoms with E-state index in [2.05, 4.69) is 40.6 Å². The minimum absolute atomic E-state index is 0.0842. The van der Waals surface area contributed by atoms with E-state index < -0.39 is 0 Å². The highest BCUT2D eigenvalue weighted by Gasteiger charge is 1.99. The first-order chi connectivity index (χ1) is 11.7. The zero-order valence-corrected chi connectivity index (χ0v) is 13.7. The van der Waals surface area contributed by atoms with E-state index in [-0.39, 0.29) is 5.91 Å². The van der Waals surface area contributed by atoms with Gasteiger partial charge in [0.05, 0.1) is 0 Å². The average Bonchev–Trinajstić information content (AvgIpc) is 2.61. The SMILES string of the molecule is Cc1ccncc1/C=C/C(=O)NCCc1ccc2ccccc2c1. The van der Waals surface area contributed by atoms with Crippen molar-refractivity contribution in [2.45, 2.75) is 13.3 Å². The molecule has 0 atom stereocenters. The number of nitrogens with zero attached hydrogens (tertiary/aromatic N) is 1. The monoisotopic (exact) mass is 316 g/mol. The number of aryl methyl sites for hydroxylation is 1. The van der Waals surface area contributed by atoms with Crippen LogP contribution in [-0.4, -0.2) is 17.4 Å². The maximum Gasteiger partial charge on any atom is 0.244 e. The Morgan fingerprint density at radius 2 is 1.96 bits per heavy atom. The van der Waals surface area contributed by atoms with Crippen LogP contribution in [0.3, 0.4) is 0 Å². The van der Waals surface area contributed by atoms with Crippen molar-refractivity contribution in [2.75, 3.05) is 6.54 Å². The number of aromatic nitrogens is 1. The third-order valence-electron chi connectivity index (χ3n) is 4.02. The lowest BCUT2D eigenvalue weighted by Gasteiger charge is -2.05. The number of rotatable bonds is 5. The van der Waals surface area contributed by atoms with Crippen molar-refractivity contribution in [3.05, 3.63) is 83.7 Å². The summed E-state index contributed by atoms with van der Waals surface area (Å²) in [6, 6.07) is 16.6. The van der Waals surface area contributed by atoms with Crippen molar-refractivity contribution in [3.63, 3.8) is 0 Å². The Hall–Kier alpha value is -2.94. The number of fused-ring (bicyclic) bond motifs is 1. The Labute approximate surface area is 142 Å². The molecule has 1 aromatic heterocycles. The zero-order valence-electron chi connectivity index (χ0n) is 13.7. The van der Waals surface area contributed by atoms with Crippen LogP contribution in [0.4, 0.5) is 0 Å². The van der Waals surface area contributed by atoms with Crippen LogP contribution in [0.25, 0.3) is 16.8 Å². The Bertz CT molecular complexity index is 884. The maximum absolute atomic E-state index is 11.9. The summed E-state index contributed by atoms with van der Waals surface area (Å²) in [7, 11) is 0. The lowest BCUT2D eigenvalue weighted by atomic mass is 10.1. The molecule has 24 heavy (non-hydrogen) atoms. The molecule has 0 radical (unpaired) electrons. The zero-order chi connectivity index (χ0) is 16.8. The fourth-order valence-electron chi connectivity index (χ4n) is 2.60. The molecule has 0 aliphatic heterocycles. The second-order valence-corrected chi connectivity index (χ2v) is 5.79. The Morgan fingerprint density at radius 3 is 2.79 bits per heavy atom. The van der Waals surface area contributed by atoms with E-state index in [9.17, 15) is 4.79 Å². The van der Waals surface area contributed by atoms with Crippen molar-refractivity contribution in [1.29, 1.82) is 0 Å². The molecule has 0 saturated carbocycles. The highest BCUT2D eigenvalue weighted by Crippen LogP contribution is 2.15. The summed E-state index contributed by atoms with van der Waals surface area (Å²) in [5.41, 5.74) is 3.29. The molecule has 0 saturated heterocycles. The molecule has 0 aliphatic rings. The molecule has 1 N–H and O–H groups in total. The van der Waals surface area contributed by atoms with Gasteiger partial charge in [-0.2, -0.15) is 0 Å². The van der Waals surface area contributed by atoms with Crippen LogP contribution >= 0.6 is 0 Å². The van der Waals surface area contributed by atoms with E-state index in [4.69, 9.17) is 0 Å². The molecular weight excluding hydrogens is 296 g/mol. The van der Waals surface area contributed by atoms with E-state index in [0.717, 1.165) is 17.5 Å². The fourth-order valence-corrected chi connectivity index (χ4v) is 2.60. The van der Waals surface area contributed by atoms with Crippen LogP contribution in [0.15, 0.2) is 67.0 Å². The Balaban J connectivity index is 1.53. The van der Waals surface area contributed by atoms with Gasteiger partial charge in [0.1, 0.15) is 0 Å². The predicted octanol–water partition coefficient (Wildman–Crippen LogP) is 3.92. The molecule has 0 bridgehead atoms. The summed E-state index contributed by atoms with van der Waals surface area (Å²) in [6.45, 7) is 2.62. The fraction of sp³-hybridized carbons (Fsp3) is 0.143. The van der Waals surface area contributed by atoms with Gasteiger partial charge in [-0.15, -0.1) is 0 Å². The molecule has 1 amide bonds. The molecular formula is C21H20N2O. The van der Waals surface area contributed by atoms with Gasteiger partial charge in [0, 0.05) is 25.0 Å². The topological polar surface area (TPSA) is 42.0 Å². The summed E-state index contributed by atoms with van der Waals surface area (Å²) in [5.74, 6) is -0.0842. The third kappa shape index (κ3) is 4.07. The Morgan fingerprint density at radius 1 is 1.12 bits per heavy atom. The molecule has 0 spiro atoms. The van der Waals surface area contributed by atoms with Gasteiger partial charge in [0.15, 0.2) is 0 Å². The Kier molecular flexibility index (Phi) is 5.02. The molecule has 0 unspecified atom stereocenters. The van der Waals surface area contributed by atoms with Gasteiger partial charge in [0.2, 0.25) is 5.91 Å². The quantitative estimate of drug-likeness (QED) is 0.725. The second kappa shape index (κ2) is 7.55. The first-order valence-corrected chi connectivity index (χ1v) is 8.06. The molecule has 120 valence electrons. The molecule has 0 fully saturated rings. The minimum Gasteiger partial charge on any atom is -0.352 e. The highest BCUT2D eigenvalue weighted by molar-refractivity contribution is 5.91. The molecule has 1 heterocycles. The van der Waals surface area contributed by atoms with Crippen LogP contribution < -0.4 is 5.32 Å². The minimum atomic E-state index is -0.0842. The van der Waals surface area contributed by atoms with Gasteiger partial charge in [-0.25, -0.2) is 0 Å². The van der Waals surface area contributed by atoms with Crippen LogP contribution in [0.5, 0.6) is 0 Å². The van der Waals surface area contributed by atoms with Crippen molar-refractivity contribution >= 4 is 22.8 Å². The van der Waals surface area contributed by atoms with Gasteiger partial charge in [0.25, 0.3) is 0 Å². The number of carbonyl (C=O) groups excluding carboxylic acids is 1. The van der Waals surface area contributed by atoms with Crippen molar-refractivity contribution in [2.24, 2.45) is 0 Å². The van der Waals surface area contributed by atoms with E-state index in [0.29, 0.717) is 6.54 Å². The van der Waals surface area contributed by atoms with E-state index >= 15 is 0 Å². The van der Waals surface area contributed by atoms with E-state index in [1.807, 2.05) is 25.1 Å². The van der Waals surface area contributed by atoms with Crippen molar-refractivity contribution in [3.8, 4) is 0 Å². The van der Waals surface area contributed by atoms with E-state index in [1.165, 1.54) is 16.3 Å². The number of pyridine rings is 1. The normalized spacial score (nSPS) is 11.0.